The van der Waals surface area contributed by atoms with Crippen LogP contribution < -0.4 is 15.5 Å². The number of anilines is 2. The van der Waals surface area contributed by atoms with Crippen molar-refractivity contribution < 1.29 is 4.79 Å². The number of urea groups is 1. The standard InChI is InChI=1S/C19H23N3O/c1-15-6-5-9-18(12-15)22-11-10-16(14-22)13-20-19(23)21-17-7-3-2-4-8-17/h2-9,12,16H,10-11,13-14H2,1H3,(H2,20,21,23). The minimum Gasteiger partial charge on any atom is -0.371 e. The van der Waals surface area contributed by atoms with Crippen LogP contribution in [0.2, 0.25) is 0 Å². The van der Waals surface area contributed by atoms with Gasteiger partial charge in [-0.05, 0) is 49.1 Å². The number of carbonyl (C=O) groups excluding carboxylic acids is 1. The fraction of sp³-hybridized carbons (Fsp3) is 0.316. The third kappa shape index (κ3) is 4.25. The van der Waals surface area contributed by atoms with Gasteiger partial charge in [0.25, 0.3) is 0 Å². The van der Waals surface area contributed by atoms with Crippen molar-refractivity contribution in [2.45, 2.75) is 13.3 Å². The molecule has 1 heterocycles. The van der Waals surface area contributed by atoms with Gasteiger partial charge in [0, 0.05) is 31.0 Å². The molecule has 1 aliphatic rings. The predicted molar refractivity (Wildman–Crippen MR) is 95.0 cm³/mol. The van der Waals surface area contributed by atoms with Crippen molar-refractivity contribution in [1.29, 1.82) is 0 Å². The summed E-state index contributed by atoms with van der Waals surface area (Å²) in [6.07, 6.45) is 1.11. The number of carbonyl (C=O) groups is 1. The number of hydrogen-bond acceptors (Lipinski definition) is 2. The number of rotatable bonds is 4. The van der Waals surface area contributed by atoms with Gasteiger partial charge in [-0.25, -0.2) is 4.79 Å². The lowest BCUT2D eigenvalue weighted by Gasteiger charge is -2.19. The maximum Gasteiger partial charge on any atom is 0.319 e. The quantitative estimate of drug-likeness (QED) is 0.905. The Hall–Kier alpha value is -2.49. The molecular formula is C19H23N3O. The Morgan fingerprint density at radius 1 is 1.17 bits per heavy atom. The lowest BCUT2D eigenvalue weighted by atomic mass is 10.1. The average Bonchev–Trinajstić information content (AvgIpc) is 3.03. The highest BCUT2D eigenvalue weighted by atomic mass is 16.2. The van der Waals surface area contributed by atoms with Crippen LogP contribution in [-0.2, 0) is 0 Å². The zero-order valence-corrected chi connectivity index (χ0v) is 13.5. The van der Waals surface area contributed by atoms with Crippen molar-refractivity contribution in [2.24, 2.45) is 5.92 Å². The molecule has 4 heteroatoms. The summed E-state index contributed by atoms with van der Waals surface area (Å²) in [7, 11) is 0. The minimum absolute atomic E-state index is 0.134. The van der Waals surface area contributed by atoms with Crippen molar-refractivity contribution in [2.75, 3.05) is 29.9 Å². The average molecular weight is 309 g/mol. The Morgan fingerprint density at radius 2 is 2.00 bits per heavy atom. The first-order valence-electron chi connectivity index (χ1n) is 8.12. The van der Waals surface area contributed by atoms with E-state index in [9.17, 15) is 4.79 Å². The van der Waals surface area contributed by atoms with Gasteiger partial charge in [-0.1, -0.05) is 30.3 Å². The molecule has 0 aliphatic carbocycles. The molecule has 2 N–H and O–H groups in total. The van der Waals surface area contributed by atoms with Crippen LogP contribution in [0.5, 0.6) is 0 Å². The van der Waals surface area contributed by atoms with Gasteiger partial charge in [-0.2, -0.15) is 0 Å². The van der Waals surface area contributed by atoms with Crippen LogP contribution >= 0.6 is 0 Å². The Bertz CT molecular complexity index is 657. The molecule has 23 heavy (non-hydrogen) atoms. The third-order valence-corrected chi connectivity index (χ3v) is 4.24. The molecule has 1 atom stereocenters. The summed E-state index contributed by atoms with van der Waals surface area (Å²) in [4.78, 5) is 14.3. The first-order valence-corrected chi connectivity index (χ1v) is 8.12. The van der Waals surface area contributed by atoms with Crippen molar-refractivity contribution >= 4 is 17.4 Å². The zero-order chi connectivity index (χ0) is 16.1. The van der Waals surface area contributed by atoms with E-state index in [2.05, 4.69) is 46.7 Å². The number of nitrogens with one attached hydrogen (secondary N) is 2. The van der Waals surface area contributed by atoms with E-state index in [1.807, 2.05) is 30.3 Å². The van der Waals surface area contributed by atoms with E-state index < -0.39 is 0 Å². The topological polar surface area (TPSA) is 44.4 Å². The Balaban J connectivity index is 1.46. The lowest BCUT2D eigenvalue weighted by Crippen LogP contribution is -2.34. The number of para-hydroxylation sites is 1. The maximum atomic E-state index is 11.9. The van der Waals surface area contributed by atoms with E-state index in [-0.39, 0.29) is 6.03 Å². The zero-order valence-electron chi connectivity index (χ0n) is 13.5. The summed E-state index contributed by atoms with van der Waals surface area (Å²) in [5.41, 5.74) is 3.38. The Kier molecular flexibility index (Phi) is 4.81. The van der Waals surface area contributed by atoms with E-state index in [4.69, 9.17) is 0 Å². The highest BCUT2D eigenvalue weighted by Gasteiger charge is 2.23. The van der Waals surface area contributed by atoms with Gasteiger partial charge >= 0.3 is 6.03 Å². The van der Waals surface area contributed by atoms with Crippen molar-refractivity contribution in [3.63, 3.8) is 0 Å². The van der Waals surface area contributed by atoms with Crippen molar-refractivity contribution in [1.82, 2.24) is 5.32 Å². The normalized spacial score (nSPS) is 17.1. The summed E-state index contributed by atoms with van der Waals surface area (Å²) in [6, 6.07) is 18.0. The van der Waals surface area contributed by atoms with Gasteiger partial charge < -0.3 is 15.5 Å². The second-order valence-corrected chi connectivity index (χ2v) is 6.14. The molecule has 1 aliphatic heterocycles. The van der Waals surface area contributed by atoms with Crippen molar-refractivity contribution in [3.05, 3.63) is 60.2 Å². The molecule has 1 saturated heterocycles. The molecule has 120 valence electrons. The van der Waals surface area contributed by atoms with Gasteiger partial charge in [0.05, 0.1) is 0 Å². The number of nitrogens with zero attached hydrogens (tertiary/aromatic N) is 1. The summed E-state index contributed by atoms with van der Waals surface area (Å²) in [5, 5.41) is 5.83. The van der Waals surface area contributed by atoms with Crippen LogP contribution in [0.3, 0.4) is 0 Å². The lowest BCUT2D eigenvalue weighted by molar-refractivity contribution is 0.250. The highest BCUT2D eigenvalue weighted by molar-refractivity contribution is 5.89. The molecule has 0 radical (unpaired) electrons. The SMILES string of the molecule is Cc1cccc(N2CCC(CNC(=O)Nc3ccccc3)C2)c1. The monoisotopic (exact) mass is 309 g/mol. The van der Waals surface area contributed by atoms with E-state index >= 15 is 0 Å². The highest BCUT2D eigenvalue weighted by Crippen LogP contribution is 2.24. The number of amides is 2. The van der Waals surface area contributed by atoms with Gasteiger partial charge in [0.1, 0.15) is 0 Å². The van der Waals surface area contributed by atoms with Crippen LogP contribution in [0.4, 0.5) is 16.2 Å². The van der Waals surface area contributed by atoms with Crippen LogP contribution in [0.15, 0.2) is 54.6 Å². The second kappa shape index (κ2) is 7.18. The van der Waals surface area contributed by atoms with E-state index in [0.29, 0.717) is 12.5 Å². The molecule has 0 aromatic heterocycles. The third-order valence-electron chi connectivity index (χ3n) is 4.24. The van der Waals surface area contributed by atoms with E-state index in [1.54, 1.807) is 0 Å². The molecule has 0 bridgehead atoms. The summed E-state index contributed by atoms with van der Waals surface area (Å²) < 4.78 is 0. The van der Waals surface area contributed by atoms with E-state index in [1.165, 1.54) is 11.3 Å². The summed E-state index contributed by atoms with van der Waals surface area (Å²) >= 11 is 0. The molecule has 4 nitrogen and oxygen atoms in total. The molecule has 2 amide bonds. The van der Waals surface area contributed by atoms with Gasteiger partial charge in [0.2, 0.25) is 0 Å². The maximum absolute atomic E-state index is 11.9. The molecule has 1 unspecified atom stereocenters. The molecule has 1 fully saturated rings. The molecule has 2 aromatic carbocycles. The second-order valence-electron chi connectivity index (χ2n) is 6.14. The van der Waals surface area contributed by atoms with Crippen molar-refractivity contribution in [3.8, 4) is 0 Å². The smallest absolute Gasteiger partial charge is 0.319 e. The van der Waals surface area contributed by atoms with Crippen LogP contribution in [0.1, 0.15) is 12.0 Å². The fourth-order valence-electron chi connectivity index (χ4n) is 2.99. The largest absolute Gasteiger partial charge is 0.371 e. The minimum atomic E-state index is -0.134. The fourth-order valence-corrected chi connectivity index (χ4v) is 2.99. The number of benzene rings is 2. The van der Waals surface area contributed by atoms with Gasteiger partial charge in [-0.15, -0.1) is 0 Å². The van der Waals surface area contributed by atoms with Crippen LogP contribution in [-0.4, -0.2) is 25.7 Å². The molecule has 0 saturated carbocycles. The van der Waals surface area contributed by atoms with Gasteiger partial charge in [0.15, 0.2) is 0 Å². The first kappa shape index (κ1) is 15.4. The summed E-state index contributed by atoms with van der Waals surface area (Å²) in [6.45, 7) is 4.87. The predicted octanol–water partition coefficient (Wildman–Crippen LogP) is 3.64. The molecule has 0 spiro atoms. The van der Waals surface area contributed by atoms with Crippen LogP contribution in [0.25, 0.3) is 0 Å². The van der Waals surface area contributed by atoms with Crippen LogP contribution in [0, 0.1) is 12.8 Å². The van der Waals surface area contributed by atoms with Gasteiger partial charge in [-0.3, -0.25) is 0 Å². The molecule has 2 aromatic rings. The van der Waals surface area contributed by atoms with E-state index in [0.717, 1.165) is 25.2 Å². The molecular weight excluding hydrogens is 286 g/mol. The Labute approximate surface area is 137 Å². The molecule has 3 rings (SSSR count). The Morgan fingerprint density at radius 3 is 2.78 bits per heavy atom. The number of hydrogen-bond donors (Lipinski definition) is 2. The number of aryl methyl sites for hydroxylation is 1. The first-order chi connectivity index (χ1) is 11.2. The summed E-state index contributed by atoms with van der Waals surface area (Å²) in [5.74, 6) is 0.497.